The molecule has 0 amide bonds. The number of carboxylic acid groups (broad SMARTS) is 1. The summed E-state index contributed by atoms with van der Waals surface area (Å²) in [6.07, 6.45) is 0. The molecule has 1 aromatic rings. The molecule has 0 spiro atoms. The van der Waals surface area contributed by atoms with Gasteiger partial charge in [-0.1, -0.05) is 13.8 Å². The molecule has 0 bridgehead atoms. The van der Waals surface area contributed by atoms with Crippen molar-refractivity contribution in [1.82, 2.24) is 0 Å². The predicted molar refractivity (Wildman–Crippen MR) is 72.2 cm³/mol. The fraction of sp³-hybridized carbons (Fsp3) is 0.429. The normalized spacial score (nSPS) is 12.0. The number of carbonyl (C=O) groups is 2. The van der Waals surface area contributed by atoms with Gasteiger partial charge in [0, 0.05) is 12.2 Å². The van der Waals surface area contributed by atoms with E-state index in [4.69, 9.17) is 5.11 Å². The van der Waals surface area contributed by atoms with Gasteiger partial charge < -0.3 is 15.2 Å². The molecular formula is C14H19NO4. The van der Waals surface area contributed by atoms with Gasteiger partial charge in [-0.3, -0.25) is 4.79 Å². The summed E-state index contributed by atoms with van der Waals surface area (Å²) in [6, 6.07) is 6.73. The number of benzene rings is 1. The number of methoxy groups -OCH3 is 1. The second kappa shape index (κ2) is 6.78. The molecule has 0 aliphatic heterocycles. The minimum Gasteiger partial charge on any atom is -0.481 e. The number of esters is 1. The Hall–Kier alpha value is -2.04. The highest BCUT2D eigenvalue weighted by molar-refractivity contribution is 5.89. The molecule has 0 aromatic heterocycles. The van der Waals surface area contributed by atoms with Crippen molar-refractivity contribution in [2.24, 2.45) is 11.8 Å². The highest BCUT2D eigenvalue weighted by Crippen LogP contribution is 2.15. The van der Waals surface area contributed by atoms with E-state index in [2.05, 4.69) is 10.1 Å². The van der Waals surface area contributed by atoms with E-state index in [1.807, 2.05) is 13.8 Å². The molecule has 1 atom stereocenters. The Morgan fingerprint density at radius 2 is 1.84 bits per heavy atom. The molecule has 0 saturated heterocycles. The summed E-state index contributed by atoms with van der Waals surface area (Å²) in [6.45, 7) is 4.10. The minimum atomic E-state index is -0.811. The van der Waals surface area contributed by atoms with Gasteiger partial charge in [0.25, 0.3) is 0 Å². The van der Waals surface area contributed by atoms with Crippen LogP contribution in [0.3, 0.4) is 0 Å². The fourth-order valence-electron chi connectivity index (χ4n) is 1.68. The molecule has 2 N–H and O–H groups in total. The number of carbonyl (C=O) groups excluding carboxylic acids is 1. The van der Waals surface area contributed by atoms with Crippen LogP contribution < -0.4 is 5.32 Å². The van der Waals surface area contributed by atoms with Crippen LogP contribution in [0, 0.1) is 11.8 Å². The van der Waals surface area contributed by atoms with Gasteiger partial charge in [-0.15, -0.1) is 0 Å². The number of ether oxygens (including phenoxy) is 1. The smallest absolute Gasteiger partial charge is 0.337 e. The van der Waals surface area contributed by atoms with Gasteiger partial charge in [-0.25, -0.2) is 4.79 Å². The lowest BCUT2D eigenvalue weighted by molar-refractivity contribution is -0.142. The third-order valence-electron chi connectivity index (χ3n) is 2.95. The zero-order valence-electron chi connectivity index (χ0n) is 11.3. The summed E-state index contributed by atoms with van der Waals surface area (Å²) >= 11 is 0. The SMILES string of the molecule is COC(=O)c1ccc(NCC(C(=O)O)C(C)C)cc1. The molecule has 1 rings (SSSR count). The van der Waals surface area contributed by atoms with Crippen molar-refractivity contribution in [2.75, 3.05) is 19.0 Å². The van der Waals surface area contributed by atoms with Crippen LogP contribution in [0.5, 0.6) is 0 Å². The first-order valence-electron chi connectivity index (χ1n) is 6.10. The summed E-state index contributed by atoms with van der Waals surface area (Å²) in [4.78, 5) is 22.3. The maximum absolute atomic E-state index is 11.2. The molecular weight excluding hydrogens is 246 g/mol. The van der Waals surface area contributed by atoms with Gasteiger partial charge in [-0.2, -0.15) is 0 Å². The summed E-state index contributed by atoms with van der Waals surface area (Å²) in [5.41, 5.74) is 1.24. The van der Waals surface area contributed by atoms with Crippen molar-refractivity contribution in [3.8, 4) is 0 Å². The van der Waals surface area contributed by atoms with Crippen LogP contribution in [-0.4, -0.2) is 30.7 Å². The fourth-order valence-corrected chi connectivity index (χ4v) is 1.68. The summed E-state index contributed by atoms with van der Waals surface area (Å²) in [5, 5.41) is 12.1. The van der Waals surface area contributed by atoms with E-state index in [0.717, 1.165) is 5.69 Å². The number of anilines is 1. The van der Waals surface area contributed by atoms with Crippen LogP contribution in [0.15, 0.2) is 24.3 Å². The topological polar surface area (TPSA) is 75.6 Å². The Balaban J connectivity index is 2.63. The standard InChI is InChI=1S/C14H19NO4/c1-9(2)12(13(16)17)8-15-11-6-4-10(5-7-11)14(18)19-3/h4-7,9,12,15H,8H2,1-3H3,(H,16,17). The van der Waals surface area contributed by atoms with Crippen LogP contribution in [0.2, 0.25) is 0 Å². The molecule has 1 aromatic carbocycles. The summed E-state index contributed by atoms with van der Waals surface area (Å²) in [7, 11) is 1.33. The van der Waals surface area contributed by atoms with E-state index in [9.17, 15) is 9.59 Å². The van der Waals surface area contributed by atoms with Crippen LogP contribution in [0.25, 0.3) is 0 Å². The first-order valence-corrected chi connectivity index (χ1v) is 6.10. The number of aliphatic carboxylic acids is 1. The molecule has 0 aliphatic carbocycles. The Morgan fingerprint density at radius 1 is 1.26 bits per heavy atom. The van der Waals surface area contributed by atoms with Crippen LogP contribution in [0.4, 0.5) is 5.69 Å². The Morgan fingerprint density at radius 3 is 2.26 bits per heavy atom. The minimum absolute atomic E-state index is 0.0549. The molecule has 5 heteroatoms. The van der Waals surface area contributed by atoms with Gasteiger partial charge in [-0.05, 0) is 30.2 Å². The molecule has 104 valence electrons. The Kier molecular flexibility index (Phi) is 5.36. The van der Waals surface area contributed by atoms with Gasteiger partial charge >= 0.3 is 11.9 Å². The summed E-state index contributed by atoms with van der Waals surface area (Å²) in [5.74, 6) is -1.59. The molecule has 0 heterocycles. The zero-order chi connectivity index (χ0) is 14.4. The quantitative estimate of drug-likeness (QED) is 0.771. The van der Waals surface area contributed by atoms with Crippen molar-refractivity contribution in [1.29, 1.82) is 0 Å². The number of carboxylic acids is 1. The number of nitrogens with one attached hydrogen (secondary N) is 1. The number of hydrogen-bond donors (Lipinski definition) is 2. The Bertz CT molecular complexity index is 439. The van der Waals surface area contributed by atoms with Gasteiger partial charge in [0.2, 0.25) is 0 Å². The lowest BCUT2D eigenvalue weighted by Gasteiger charge is -2.17. The first-order chi connectivity index (χ1) is 8.95. The van der Waals surface area contributed by atoms with Gasteiger partial charge in [0.1, 0.15) is 0 Å². The number of rotatable bonds is 6. The van der Waals surface area contributed by atoms with Crippen LogP contribution in [-0.2, 0) is 9.53 Å². The zero-order valence-corrected chi connectivity index (χ0v) is 11.3. The Labute approximate surface area is 112 Å². The second-order valence-corrected chi connectivity index (χ2v) is 4.64. The van der Waals surface area contributed by atoms with E-state index in [0.29, 0.717) is 12.1 Å². The maximum Gasteiger partial charge on any atom is 0.337 e. The predicted octanol–water partition coefficient (Wildman–Crippen LogP) is 2.24. The molecule has 5 nitrogen and oxygen atoms in total. The van der Waals surface area contributed by atoms with Crippen molar-refractivity contribution in [3.63, 3.8) is 0 Å². The van der Waals surface area contributed by atoms with E-state index in [1.54, 1.807) is 24.3 Å². The average Bonchev–Trinajstić information content (AvgIpc) is 2.38. The van der Waals surface area contributed by atoms with E-state index in [-0.39, 0.29) is 5.92 Å². The van der Waals surface area contributed by atoms with Crippen LogP contribution >= 0.6 is 0 Å². The van der Waals surface area contributed by atoms with E-state index < -0.39 is 17.9 Å². The van der Waals surface area contributed by atoms with Gasteiger partial charge in [0.05, 0.1) is 18.6 Å². The molecule has 0 radical (unpaired) electrons. The molecule has 1 unspecified atom stereocenters. The van der Waals surface area contributed by atoms with Crippen molar-refractivity contribution < 1.29 is 19.4 Å². The molecule has 0 fully saturated rings. The largest absolute Gasteiger partial charge is 0.481 e. The van der Waals surface area contributed by atoms with Gasteiger partial charge in [0.15, 0.2) is 0 Å². The first kappa shape index (κ1) is 15.0. The summed E-state index contributed by atoms with van der Waals surface area (Å²) < 4.78 is 4.60. The van der Waals surface area contributed by atoms with Crippen molar-refractivity contribution >= 4 is 17.6 Å². The van der Waals surface area contributed by atoms with Crippen LogP contribution in [0.1, 0.15) is 24.2 Å². The van der Waals surface area contributed by atoms with E-state index >= 15 is 0 Å². The maximum atomic E-state index is 11.2. The monoisotopic (exact) mass is 265 g/mol. The molecule has 19 heavy (non-hydrogen) atoms. The highest BCUT2D eigenvalue weighted by atomic mass is 16.5. The average molecular weight is 265 g/mol. The number of hydrogen-bond acceptors (Lipinski definition) is 4. The third-order valence-corrected chi connectivity index (χ3v) is 2.95. The molecule has 0 saturated carbocycles. The van der Waals surface area contributed by atoms with Crippen molar-refractivity contribution in [2.45, 2.75) is 13.8 Å². The second-order valence-electron chi connectivity index (χ2n) is 4.64. The van der Waals surface area contributed by atoms with Crippen molar-refractivity contribution in [3.05, 3.63) is 29.8 Å². The highest BCUT2D eigenvalue weighted by Gasteiger charge is 2.20. The molecule has 0 aliphatic rings. The van der Waals surface area contributed by atoms with E-state index in [1.165, 1.54) is 7.11 Å². The lowest BCUT2D eigenvalue weighted by Crippen LogP contribution is -2.27. The third kappa shape index (κ3) is 4.28. The lowest BCUT2D eigenvalue weighted by atomic mass is 9.96.